The molecule has 2 aliphatic heterocycles. The third-order valence-corrected chi connectivity index (χ3v) is 8.82. The molecule has 0 spiro atoms. The van der Waals surface area contributed by atoms with E-state index in [0.717, 1.165) is 38.5 Å². The lowest BCUT2D eigenvalue weighted by atomic mass is 9.96. The van der Waals surface area contributed by atoms with Crippen molar-refractivity contribution in [3.8, 4) is 0 Å². The van der Waals surface area contributed by atoms with Crippen molar-refractivity contribution < 1.29 is 18.0 Å². The molecule has 1 unspecified atom stereocenters. The number of hydrogen-bond donors (Lipinski definition) is 1. The van der Waals surface area contributed by atoms with Crippen molar-refractivity contribution in [3.63, 3.8) is 0 Å². The van der Waals surface area contributed by atoms with Crippen molar-refractivity contribution in [2.75, 3.05) is 32.7 Å². The Bertz CT molecular complexity index is 894. The highest BCUT2D eigenvalue weighted by Gasteiger charge is 2.40. The molecule has 176 valence electrons. The van der Waals surface area contributed by atoms with Gasteiger partial charge in [0.25, 0.3) is 0 Å². The van der Waals surface area contributed by atoms with Crippen LogP contribution in [0.1, 0.15) is 51.4 Å². The Morgan fingerprint density at radius 3 is 2.09 bits per heavy atom. The Hall–Kier alpha value is -2.13. The minimum atomic E-state index is -3.72. The number of carbonyl (C=O) groups excluding carboxylic acids is 2. The summed E-state index contributed by atoms with van der Waals surface area (Å²) < 4.78 is 27.8. The quantitative estimate of drug-likeness (QED) is 0.744. The van der Waals surface area contributed by atoms with Crippen molar-refractivity contribution in [2.24, 2.45) is 0 Å². The van der Waals surface area contributed by atoms with E-state index < -0.39 is 16.1 Å². The first-order valence-electron chi connectivity index (χ1n) is 11.9. The lowest BCUT2D eigenvalue weighted by molar-refractivity contribution is -0.137. The fraction of sp³-hybridized carbons (Fsp3) is 0.652. The van der Waals surface area contributed by atoms with Gasteiger partial charge < -0.3 is 15.1 Å². The zero-order valence-electron chi connectivity index (χ0n) is 18.6. The smallest absolute Gasteiger partial charge is 0.317 e. The summed E-state index contributed by atoms with van der Waals surface area (Å²) in [6, 6.07) is 7.88. The predicted octanol–water partition coefficient (Wildman–Crippen LogP) is 2.42. The largest absolute Gasteiger partial charge is 0.338 e. The number of nitrogens with one attached hydrogen (secondary N) is 1. The minimum Gasteiger partial charge on any atom is -0.338 e. The van der Waals surface area contributed by atoms with E-state index in [4.69, 9.17) is 0 Å². The Labute approximate surface area is 191 Å². The van der Waals surface area contributed by atoms with Gasteiger partial charge in [-0.15, -0.1) is 0 Å². The molecule has 0 bridgehead atoms. The number of nitrogens with zero attached hydrogens (tertiary/aromatic N) is 3. The van der Waals surface area contributed by atoms with Gasteiger partial charge in [0.15, 0.2) is 0 Å². The maximum atomic E-state index is 13.3. The number of piperidine rings is 1. The van der Waals surface area contributed by atoms with Gasteiger partial charge in [-0.3, -0.25) is 4.79 Å². The molecule has 8 nitrogen and oxygen atoms in total. The Morgan fingerprint density at radius 2 is 1.41 bits per heavy atom. The molecule has 3 aliphatic rings. The van der Waals surface area contributed by atoms with E-state index in [0.29, 0.717) is 39.1 Å². The van der Waals surface area contributed by atoms with Crippen molar-refractivity contribution in [3.05, 3.63) is 30.3 Å². The summed E-state index contributed by atoms with van der Waals surface area (Å²) in [5.74, 6) is -0.142. The lowest BCUT2D eigenvalue weighted by Gasteiger charge is -2.40. The van der Waals surface area contributed by atoms with Gasteiger partial charge in [-0.1, -0.05) is 43.9 Å². The Morgan fingerprint density at radius 1 is 0.781 bits per heavy atom. The second-order valence-electron chi connectivity index (χ2n) is 9.04. The molecule has 1 aliphatic carbocycles. The van der Waals surface area contributed by atoms with Gasteiger partial charge >= 0.3 is 6.03 Å². The van der Waals surface area contributed by atoms with E-state index >= 15 is 0 Å². The average molecular weight is 463 g/mol. The first kappa shape index (κ1) is 23.0. The van der Waals surface area contributed by atoms with Gasteiger partial charge in [0.2, 0.25) is 15.9 Å². The van der Waals surface area contributed by atoms with Crippen LogP contribution in [0.5, 0.6) is 0 Å². The van der Waals surface area contributed by atoms with E-state index in [-0.39, 0.29) is 22.9 Å². The van der Waals surface area contributed by atoms with Gasteiger partial charge in [0.1, 0.15) is 6.04 Å². The molecule has 1 aromatic carbocycles. The van der Waals surface area contributed by atoms with Crippen molar-refractivity contribution in [1.29, 1.82) is 0 Å². The Balaban J connectivity index is 1.36. The van der Waals surface area contributed by atoms with Gasteiger partial charge in [-0.2, -0.15) is 4.31 Å². The molecule has 3 fully saturated rings. The minimum absolute atomic E-state index is 0.0463. The van der Waals surface area contributed by atoms with E-state index in [1.165, 1.54) is 10.7 Å². The highest BCUT2D eigenvalue weighted by molar-refractivity contribution is 7.89. The molecule has 1 atom stereocenters. The predicted molar refractivity (Wildman–Crippen MR) is 122 cm³/mol. The second kappa shape index (κ2) is 10.2. The van der Waals surface area contributed by atoms with Crippen LogP contribution >= 0.6 is 0 Å². The van der Waals surface area contributed by atoms with Crippen molar-refractivity contribution in [2.45, 2.75) is 68.3 Å². The summed E-state index contributed by atoms with van der Waals surface area (Å²) in [6.45, 7) is 2.18. The topological polar surface area (TPSA) is 90.0 Å². The highest BCUT2D eigenvalue weighted by Crippen LogP contribution is 2.27. The summed E-state index contributed by atoms with van der Waals surface area (Å²) in [7, 11) is -3.72. The van der Waals surface area contributed by atoms with Crippen LogP contribution < -0.4 is 5.32 Å². The fourth-order valence-electron chi connectivity index (χ4n) is 5.02. The molecule has 2 heterocycles. The van der Waals surface area contributed by atoms with Crippen LogP contribution in [0.15, 0.2) is 35.2 Å². The number of hydrogen-bond acceptors (Lipinski definition) is 4. The SMILES string of the molecule is O=C(NC1CCCCC1)N1CCN(C(=O)C2CCCCN2S(=O)(=O)c2ccccc2)CC1. The summed E-state index contributed by atoms with van der Waals surface area (Å²) in [6.07, 6.45) is 7.77. The molecule has 32 heavy (non-hydrogen) atoms. The third-order valence-electron chi connectivity index (χ3n) is 6.90. The van der Waals surface area contributed by atoms with Gasteiger partial charge in [0.05, 0.1) is 4.90 Å². The van der Waals surface area contributed by atoms with Crippen LogP contribution in [0.3, 0.4) is 0 Å². The molecular formula is C23H34N4O4S. The van der Waals surface area contributed by atoms with E-state index in [1.807, 2.05) is 0 Å². The summed E-state index contributed by atoms with van der Waals surface area (Å²) in [4.78, 5) is 29.7. The zero-order chi connectivity index (χ0) is 22.6. The first-order valence-corrected chi connectivity index (χ1v) is 13.3. The number of urea groups is 1. The summed E-state index contributed by atoms with van der Waals surface area (Å²) >= 11 is 0. The number of rotatable bonds is 4. The van der Waals surface area contributed by atoms with E-state index in [1.54, 1.807) is 40.1 Å². The molecule has 9 heteroatoms. The van der Waals surface area contributed by atoms with Gasteiger partial charge in [-0.25, -0.2) is 13.2 Å². The first-order chi connectivity index (χ1) is 15.5. The number of amides is 3. The second-order valence-corrected chi connectivity index (χ2v) is 10.9. The maximum Gasteiger partial charge on any atom is 0.317 e. The molecule has 4 rings (SSSR count). The molecule has 3 amide bonds. The molecule has 0 aromatic heterocycles. The van der Waals surface area contributed by atoms with Crippen LogP contribution in [0.2, 0.25) is 0 Å². The average Bonchev–Trinajstić information content (AvgIpc) is 2.85. The number of benzene rings is 1. The standard InChI is InChI=1S/C23H34N4O4S/c28-22(21-13-7-8-14-27(21)32(30,31)20-11-5-2-6-12-20)25-15-17-26(18-16-25)23(29)24-19-9-3-1-4-10-19/h2,5-6,11-12,19,21H,1,3-4,7-10,13-18H2,(H,24,29). The molecule has 0 radical (unpaired) electrons. The molecule has 2 saturated heterocycles. The van der Waals surface area contributed by atoms with Crippen LogP contribution in [-0.2, 0) is 14.8 Å². The zero-order valence-corrected chi connectivity index (χ0v) is 19.4. The molecular weight excluding hydrogens is 428 g/mol. The van der Waals surface area contributed by atoms with Crippen molar-refractivity contribution >= 4 is 22.0 Å². The van der Waals surface area contributed by atoms with E-state index in [9.17, 15) is 18.0 Å². The third kappa shape index (κ3) is 5.09. The van der Waals surface area contributed by atoms with Crippen LogP contribution in [-0.4, -0.2) is 79.3 Å². The van der Waals surface area contributed by atoms with E-state index in [2.05, 4.69) is 5.32 Å². The summed E-state index contributed by atoms with van der Waals surface area (Å²) in [5.41, 5.74) is 0. The Kier molecular flexibility index (Phi) is 7.35. The highest BCUT2D eigenvalue weighted by atomic mass is 32.2. The van der Waals surface area contributed by atoms with Crippen LogP contribution in [0, 0.1) is 0 Å². The van der Waals surface area contributed by atoms with Crippen LogP contribution in [0.4, 0.5) is 4.79 Å². The van der Waals surface area contributed by atoms with Crippen LogP contribution in [0.25, 0.3) is 0 Å². The maximum absolute atomic E-state index is 13.3. The molecule has 1 saturated carbocycles. The molecule has 1 aromatic rings. The monoisotopic (exact) mass is 462 g/mol. The van der Waals surface area contributed by atoms with Gasteiger partial charge in [0, 0.05) is 38.8 Å². The number of sulfonamides is 1. The molecule has 1 N–H and O–H groups in total. The number of piperazine rings is 1. The summed E-state index contributed by atoms with van der Waals surface area (Å²) in [5, 5.41) is 3.14. The fourth-order valence-corrected chi connectivity index (χ4v) is 6.69. The normalized spacial score (nSPS) is 23.7. The lowest BCUT2D eigenvalue weighted by Crippen LogP contribution is -2.59. The van der Waals surface area contributed by atoms with Gasteiger partial charge in [-0.05, 0) is 37.8 Å². The van der Waals surface area contributed by atoms with Crippen molar-refractivity contribution in [1.82, 2.24) is 19.4 Å². The number of carbonyl (C=O) groups is 2.